The molecule has 2 rings (SSSR count). The van der Waals surface area contributed by atoms with Crippen LogP contribution in [0, 0.1) is 5.82 Å². The number of carboxylic acids is 1. The van der Waals surface area contributed by atoms with Crippen molar-refractivity contribution in [2.24, 2.45) is 0 Å². The van der Waals surface area contributed by atoms with E-state index in [-0.39, 0.29) is 5.75 Å². The van der Waals surface area contributed by atoms with Crippen LogP contribution in [0.1, 0.15) is 0 Å². The van der Waals surface area contributed by atoms with Gasteiger partial charge in [0, 0.05) is 6.07 Å². The van der Waals surface area contributed by atoms with Crippen LogP contribution in [0.15, 0.2) is 29.7 Å². The summed E-state index contributed by atoms with van der Waals surface area (Å²) >= 11 is 1.02. The third-order valence-electron chi connectivity index (χ3n) is 2.24. The summed E-state index contributed by atoms with van der Waals surface area (Å²) in [5.74, 6) is -1.20. The minimum atomic E-state index is -0.953. The van der Waals surface area contributed by atoms with E-state index in [4.69, 9.17) is 9.84 Å². The molecule has 0 atom stereocenters. The van der Waals surface area contributed by atoms with Gasteiger partial charge in [-0.05, 0) is 12.1 Å². The van der Waals surface area contributed by atoms with E-state index < -0.39 is 11.8 Å². The molecule has 0 saturated heterocycles. The van der Waals surface area contributed by atoms with Gasteiger partial charge in [0.25, 0.3) is 0 Å². The van der Waals surface area contributed by atoms with E-state index in [9.17, 15) is 9.18 Å². The highest BCUT2D eigenvalue weighted by Crippen LogP contribution is 2.27. The van der Waals surface area contributed by atoms with Crippen molar-refractivity contribution in [2.45, 2.75) is 5.16 Å². The van der Waals surface area contributed by atoms with Crippen LogP contribution in [0.2, 0.25) is 0 Å². The fraction of sp³-hybridized carbons (Fsp3) is 0.182. The van der Waals surface area contributed by atoms with Gasteiger partial charge < -0.3 is 9.84 Å². The van der Waals surface area contributed by atoms with Gasteiger partial charge >= 0.3 is 5.97 Å². The third-order valence-corrected chi connectivity index (χ3v) is 3.17. The first kappa shape index (κ1) is 13.3. The summed E-state index contributed by atoms with van der Waals surface area (Å²) in [6.45, 7) is 0. The largest absolute Gasteiger partial charge is 0.494 e. The van der Waals surface area contributed by atoms with Crippen LogP contribution in [0.5, 0.6) is 5.75 Å². The van der Waals surface area contributed by atoms with Gasteiger partial charge in [-0.1, -0.05) is 11.8 Å². The van der Waals surface area contributed by atoms with Crippen LogP contribution in [-0.2, 0) is 4.79 Å². The molecule has 0 saturated carbocycles. The van der Waals surface area contributed by atoms with E-state index in [1.165, 1.54) is 31.6 Å². The summed E-state index contributed by atoms with van der Waals surface area (Å²) in [6, 6.07) is 4.03. The number of hydrogen-bond donors (Lipinski definition) is 1. The first-order valence-electron chi connectivity index (χ1n) is 5.20. The molecule has 0 aliphatic rings. The Hall–Kier alpha value is -2.09. The number of halogens is 1. The van der Waals surface area contributed by atoms with Crippen LogP contribution < -0.4 is 4.74 Å². The Labute approximate surface area is 112 Å². The number of aliphatic carboxylic acids is 1. The Bertz CT molecular complexity index is 603. The fourth-order valence-electron chi connectivity index (χ4n) is 1.46. The lowest BCUT2D eigenvalue weighted by Gasteiger charge is -2.10. The summed E-state index contributed by atoms with van der Waals surface area (Å²) < 4.78 is 19.8. The number of thioether (sulfide) groups is 1. The molecule has 0 radical (unpaired) electrons. The molecule has 1 aromatic carbocycles. The van der Waals surface area contributed by atoms with Crippen LogP contribution in [0.4, 0.5) is 4.39 Å². The van der Waals surface area contributed by atoms with Gasteiger partial charge in [-0.3, -0.25) is 9.36 Å². The number of methoxy groups -OCH3 is 1. The van der Waals surface area contributed by atoms with E-state index in [1.807, 2.05) is 0 Å². The molecule has 0 unspecified atom stereocenters. The third kappa shape index (κ3) is 3.02. The first-order valence-corrected chi connectivity index (χ1v) is 6.19. The normalized spacial score (nSPS) is 10.4. The molecule has 0 spiro atoms. The van der Waals surface area contributed by atoms with Crippen molar-refractivity contribution < 1.29 is 19.0 Å². The highest BCUT2D eigenvalue weighted by molar-refractivity contribution is 7.99. The maximum absolute atomic E-state index is 13.1. The van der Waals surface area contributed by atoms with Gasteiger partial charge in [0.1, 0.15) is 17.9 Å². The summed E-state index contributed by atoms with van der Waals surface area (Å²) in [7, 11) is 1.42. The van der Waals surface area contributed by atoms with Crippen molar-refractivity contribution in [3.8, 4) is 11.4 Å². The predicted molar refractivity (Wildman–Crippen MR) is 66.2 cm³/mol. The fourth-order valence-corrected chi connectivity index (χ4v) is 2.11. The van der Waals surface area contributed by atoms with Gasteiger partial charge in [0.2, 0.25) is 0 Å². The molecule has 2 aromatic rings. The lowest BCUT2D eigenvalue weighted by Crippen LogP contribution is -2.02. The molecule has 6 nitrogen and oxygen atoms in total. The molecule has 1 N–H and O–H groups in total. The van der Waals surface area contributed by atoms with E-state index in [0.29, 0.717) is 16.6 Å². The lowest BCUT2D eigenvalue weighted by atomic mass is 10.3. The molecule has 0 bridgehead atoms. The van der Waals surface area contributed by atoms with Crippen molar-refractivity contribution >= 4 is 17.7 Å². The van der Waals surface area contributed by atoms with Crippen molar-refractivity contribution in [1.82, 2.24) is 14.8 Å². The molecule has 8 heteroatoms. The standard InChI is InChI=1S/C11H10FN3O3S/c1-18-9-4-7(12)2-3-8(9)15-6-13-14-11(15)19-5-10(16)17/h2-4,6H,5H2,1H3,(H,16,17). The monoisotopic (exact) mass is 283 g/mol. The average Bonchev–Trinajstić information content (AvgIpc) is 2.84. The van der Waals surface area contributed by atoms with Gasteiger partial charge in [-0.15, -0.1) is 10.2 Å². The van der Waals surface area contributed by atoms with E-state index in [2.05, 4.69) is 10.2 Å². The minimum absolute atomic E-state index is 0.137. The smallest absolute Gasteiger partial charge is 0.313 e. The number of hydrogen-bond acceptors (Lipinski definition) is 5. The van der Waals surface area contributed by atoms with E-state index >= 15 is 0 Å². The van der Waals surface area contributed by atoms with Crippen molar-refractivity contribution in [2.75, 3.05) is 12.9 Å². The molecule has 100 valence electrons. The zero-order valence-corrected chi connectivity index (χ0v) is 10.7. The Balaban J connectivity index is 2.36. The maximum Gasteiger partial charge on any atom is 0.313 e. The van der Waals surface area contributed by atoms with Crippen LogP contribution in [-0.4, -0.2) is 38.7 Å². The highest BCUT2D eigenvalue weighted by atomic mass is 32.2. The highest BCUT2D eigenvalue weighted by Gasteiger charge is 2.13. The van der Waals surface area contributed by atoms with E-state index in [1.54, 1.807) is 4.57 Å². The number of benzene rings is 1. The summed E-state index contributed by atoms with van der Waals surface area (Å²) in [5.41, 5.74) is 0.543. The zero-order valence-electron chi connectivity index (χ0n) is 9.91. The van der Waals surface area contributed by atoms with Gasteiger partial charge in [-0.2, -0.15) is 0 Å². The van der Waals surface area contributed by atoms with Gasteiger partial charge in [-0.25, -0.2) is 4.39 Å². The number of aromatic nitrogens is 3. The molecule has 1 heterocycles. The van der Waals surface area contributed by atoms with Crippen molar-refractivity contribution in [1.29, 1.82) is 0 Å². The summed E-state index contributed by atoms with van der Waals surface area (Å²) in [6.07, 6.45) is 1.42. The number of carboxylic acid groups (broad SMARTS) is 1. The molecule has 0 aliphatic heterocycles. The quantitative estimate of drug-likeness (QED) is 0.840. The first-order chi connectivity index (χ1) is 9.11. The Morgan fingerprint density at radius 2 is 2.37 bits per heavy atom. The van der Waals surface area contributed by atoms with Crippen molar-refractivity contribution in [3.05, 3.63) is 30.3 Å². The minimum Gasteiger partial charge on any atom is -0.494 e. The van der Waals surface area contributed by atoms with Crippen LogP contribution in [0.3, 0.4) is 0 Å². The SMILES string of the molecule is COc1cc(F)ccc1-n1cnnc1SCC(=O)O. The van der Waals surface area contributed by atoms with E-state index in [0.717, 1.165) is 11.8 Å². The Morgan fingerprint density at radius 1 is 1.58 bits per heavy atom. The second-order valence-electron chi connectivity index (χ2n) is 3.48. The Kier molecular flexibility index (Phi) is 4.00. The Morgan fingerprint density at radius 3 is 3.05 bits per heavy atom. The number of nitrogens with zero attached hydrogens (tertiary/aromatic N) is 3. The van der Waals surface area contributed by atoms with Crippen molar-refractivity contribution in [3.63, 3.8) is 0 Å². The average molecular weight is 283 g/mol. The lowest BCUT2D eigenvalue weighted by molar-refractivity contribution is -0.133. The molecule has 1 aromatic heterocycles. The molecular formula is C11H10FN3O3S. The van der Waals surface area contributed by atoms with Gasteiger partial charge in [0.15, 0.2) is 5.16 Å². The number of ether oxygens (including phenoxy) is 1. The molecular weight excluding hydrogens is 273 g/mol. The van der Waals surface area contributed by atoms with Crippen LogP contribution in [0.25, 0.3) is 5.69 Å². The van der Waals surface area contributed by atoms with Crippen LogP contribution >= 0.6 is 11.8 Å². The number of rotatable bonds is 5. The molecule has 0 amide bonds. The molecule has 19 heavy (non-hydrogen) atoms. The topological polar surface area (TPSA) is 77.2 Å². The zero-order chi connectivity index (χ0) is 13.8. The summed E-state index contributed by atoms with van der Waals surface area (Å²) in [4.78, 5) is 10.6. The predicted octanol–water partition coefficient (Wildman–Crippen LogP) is 1.59. The van der Waals surface area contributed by atoms with Gasteiger partial charge in [0.05, 0.1) is 18.6 Å². The second-order valence-corrected chi connectivity index (χ2v) is 4.42. The summed E-state index contributed by atoms with van der Waals surface area (Å²) in [5, 5.41) is 16.6. The molecule has 0 aliphatic carbocycles. The number of carbonyl (C=O) groups is 1. The maximum atomic E-state index is 13.1. The second kappa shape index (κ2) is 5.70. The molecule has 0 fully saturated rings.